The lowest BCUT2D eigenvalue weighted by molar-refractivity contribution is 0.394. The first-order chi connectivity index (χ1) is 7.81. The summed E-state index contributed by atoms with van der Waals surface area (Å²) in [5.74, 6) is 6.52. The van der Waals surface area contributed by atoms with Crippen molar-refractivity contribution in [3.05, 3.63) is 18.1 Å². The van der Waals surface area contributed by atoms with Gasteiger partial charge in [-0.1, -0.05) is 0 Å². The van der Waals surface area contributed by atoms with Crippen LogP contribution < -0.4 is 10.1 Å². The molecular formula is C12H17N3O. The minimum Gasteiger partial charge on any atom is -0.481 e. The molecule has 0 aliphatic carbocycles. The highest BCUT2D eigenvalue weighted by Gasteiger charge is 2.10. The van der Waals surface area contributed by atoms with E-state index in [4.69, 9.17) is 4.74 Å². The summed E-state index contributed by atoms with van der Waals surface area (Å²) < 4.78 is 5.07. The van der Waals surface area contributed by atoms with Gasteiger partial charge in [-0.3, -0.25) is 0 Å². The van der Waals surface area contributed by atoms with E-state index in [1.807, 2.05) is 20.0 Å². The van der Waals surface area contributed by atoms with Gasteiger partial charge < -0.3 is 10.1 Å². The van der Waals surface area contributed by atoms with Gasteiger partial charge in [-0.15, -0.1) is 11.8 Å². The molecule has 1 heterocycles. The van der Waals surface area contributed by atoms with Gasteiger partial charge in [0.2, 0.25) is 5.88 Å². The van der Waals surface area contributed by atoms with Crippen molar-refractivity contribution in [3.8, 4) is 17.7 Å². The normalized spacial score (nSPS) is 11.4. The molecule has 16 heavy (non-hydrogen) atoms. The van der Waals surface area contributed by atoms with E-state index in [1.54, 1.807) is 7.11 Å². The minimum absolute atomic E-state index is 0.192. The van der Waals surface area contributed by atoms with Crippen LogP contribution in [0.15, 0.2) is 12.4 Å². The number of hydrogen-bond acceptors (Lipinski definition) is 4. The molecule has 4 heteroatoms. The van der Waals surface area contributed by atoms with Gasteiger partial charge in [-0.2, -0.15) is 0 Å². The number of aromatic nitrogens is 2. The second-order valence-corrected chi connectivity index (χ2v) is 3.29. The van der Waals surface area contributed by atoms with E-state index in [0.29, 0.717) is 5.88 Å². The van der Waals surface area contributed by atoms with Crippen LogP contribution in [0.2, 0.25) is 0 Å². The van der Waals surface area contributed by atoms with Crippen molar-refractivity contribution in [1.29, 1.82) is 0 Å². The molecule has 1 aromatic rings. The molecular weight excluding hydrogens is 202 g/mol. The average Bonchev–Trinajstić information content (AvgIpc) is 2.35. The van der Waals surface area contributed by atoms with Gasteiger partial charge in [-0.25, -0.2) is 9.97 Å². The molecule has 0 radical (unpaired) electrons. The van der Waals surface area contributed by atoms with Crippen LogP contribution in [0, 0.1) is 11.8 Å². The van der Waals surface area contributed by atoms with Gasteiger partial charge in [0.05, 0.1) is 18.8 Å². The van der Waals surface area contributed by atoms with E-state index in [1.165, 1.54) is 6.33 Å². The molecule has 0 spiro atoms. The van der Waals surface area contributed by atoms with Gasteiger partial charge in [0.15, 0.2) is 0 Å². The Labute approximate surface area is 96.5 Å². The molecule has 1 N–H and O–H groups in total. The Morgan fingerprint density at radius 2 is 2.31 bits per heavy atom. The summed E-state index contributed by atoms with van der Waals surface area (Å²) in [4.78, 5) is 8.22. The summed E-state index contributed by atoms with van der Waals surface area (Å²) in [7, 11) is 3.52. The van der Waals surface area contributed by atoms with Crippen molar-refractivity contribution < 1.29 is 4.74 Å². The molecule has 0 aromatic carbocycles. The topological polar surface area (TPSA) is 47.0 Å². The number of nitrogens with one attached hydrogen (secondary N) is 1. The molecule has 1 rings (SSSR count). The SMILES string of the molecule is CC#CCCC(NC)c1cc(OC)ncn1. The molecule has 0 saturated heterocycles. The fourth-order valence-electron chi connectivity index (χ4n) is 1.44. The number of ether oxygens (including phenoxy) is 1. The van der Waals surface area contributed by atoms with Crippen LogP contribution in [-0.2, 0) is 0 Å². The Morgan fingerprint density at radius 3 is 2.94 bits per heavy atom. The highest BCUT2D eigenvalue weighted by molar-refractivity contribution is 5.16. The third-order valence-electron chi connectivity index (χ3n) is 2.31. The summed E-state index contributed by atoms with van der Waals surface area (Å²) in [6, 6.07) is 2.04. The molecule has 0 aliphatic heterocycles. The van der Waals surface area contributed by atoms with Gasteiger partial charge >= 0.3 is 0 Å². The monoisotopic (exact) mass is 219 g/mol. The van der Waals surface area contributed by atoms with Crippen LogP contribution in [0.25, 0.3) is 0 Å². The maximum atomic E-state index is 5.07. The first kappa shape index (κ1) is 12.5. The van der Waals surface area contributed by atoms with E-state index in [0.717, 1.165) is 18.5 Å². The van der Waals surface area contributed by atoms with E-state index in [-0.39, 0.29) is 6.04 Å². The zero-order valence-electron chi connectivity index (χ0n) is 9.95. The third-order valence-corrected chi connectivity index (χ3v) is 2.31. The van der Waals surface area contributed by atoms with Gasteiger partial charge in [0, 0.05) is 12.5 Å². The van der Waals surface area contributed by atoms with Crippen LogP contribution >= 0.6 is 0 Å². The summed E-state index contributed by atoms with van der Waals surface area (Å²) >= 11 is 0. The maximum absolute atomic E-state index is 5.07. The zero-order valence-corrected chi connectivity index (χ0v) is 9.95. The van der Waals surface area contributed by atoms with Crippen LogP contribution in [0.1, 0.15) is 31.5 Å². The predicted molar refractivity (Wildman–Crippen MR) is 63.1 cm³/mol. The Bertz CT molecular complexity index is 381. The number of nitrogens with zero attached hydrogens (tertiary/aromatic N) is 2. The van der Waals surface area contributed by atoms with Crippen LogP contribution in [0.3, 0.4) is 0 Å². The van der Waals surface area contributed by atoms with Gasteiger partial charge in [0.1, 0.15) is 6.33 Å². The Kier molecular flexibility index (Phi) is 5.30. The molecule has 0 saturated carbocycles. The lowest BCUT2D eigenvalue weighted by atomic mass is 10.1. The minimum atomic E-state index is 0.192. The van der Waals surface area contributed by atoms with Gasteiger partial charge in [0.25, 0.3) is 0 Å². The maximum Gasteiger partial charge on any atom is 0.216 e. The lowest BCUT2D eigenvalue weighted by Gasteiger charge is -2.14. The Balaban J connectivity index is 2.72. The fourth-order valence-corrected chi connectivity index (χ4v) is 1.44. The molecule has 1 aromatic heterocycles. The molecule has 4 nitrogen and oxygen atoms in total. The molecule has 0 aliphatic rings. The van der Waals surface area contributed by atoms with Crippen molar-refractivity contribution in [2.75, 3.05) is 14.2 Å². The Morgan fingerprint density at radius 1 is 1.50 bits per heavy atom. The van der Waals surface area contributed by atoms with Crippen molar-refractivity contribution >= 4 is 0 Å². The molecule has 86 valence electrons. The summed E-state index contributed by atoms with van der Waals surface area (Å²) in [6.07, 6.45) is 3.30. The Hall–Kier alpha value is -1.60. The quantitative estimate of drug-likeness (QED) is 0.763. The van der Waals surface area contributed by atoms with E-state index < -0.39 is 0 Å². The van der Waals surface area contributed by atoms with Crippen molar-refractivity contribution in [2.45, 2.75) is 25.8 Å². The van der Waals surface area contributed by atoms with E-state index >= 15 is 0 Å². The fraction of sp³-hybridized carbons (Fsp3) is 0.500. The second-order valence-electron chi connectivity index (χ2n) is 3.29. The third kappa shape index (κ3) is 3.52. The lowest BCUT2D eigenvalue weighted by Crippen LogP contribution is -2.17. The number of hydrogen-bond donors (Lipinski definition) is 1. The summed E-state index contributed by atoms with van der Waals surface area (Å²) in [6.45, 7) is 1.85. The van der Waals surface area contributed by atoms with Crippen LogP contribution in [-0.4, -0.2) is 24.1 Å². The predicted octanol–water partition coefficient (Wildman–Crippen LogP) is 1.55. The summed E-state index contributed by atoms with van der Waals surface area (Å²) in [5, 5.41) is 3.21. The van der Waals surface area contributed by atoms with Crippen LogP contribution in [0.4, 0.5) is 0 Å². The second kappa shape index (κ2) is 6.81. The highest BCUT2D eigenvalue weighted by Crippen LogP contribution is 2.18. The van der Waals surface area contributed by atoms with Crippen molar-refractivity contribution in [1.82, 2.24) is 15.3 Å². The number of rotatable bonds is 5. The summed E-state index contributed by atoms with van der Waals surface area (Å²) in [5.41, 5.74) is 0.937. The van der Waals surface area contributed by atoms with Crippen molar-refractivity contribution in [3.63, 3.8) is 0 Å². The molecule has 1 atom stereocenters. The van der Waals surface area contributed by atoms with Gasteiger partial charge in [-0.05, 0) is 20.4 Å². The highest BCUT2D eigenvalue weighted by atomic mass is 16.5. The molecule has 0 fully saturated rings. The largest absolute Gasteiger partial charge is 0.481 e. The zero-order chi connectivity index (χ0) is 11.8. The molecule has 0 bridgehead atoms. The first-order valence-electron chi connectivity index (χ1n) is 5.24. The van der Waals surface area contributed by atoms with Crippen molar-refractivity contribution in [2.24, 2.45) is 0 Å². The molecule has 1 unspecified atom stereocenters. The van der Waals surface area contributed by atoms with E-state index in [9.17, 15) is 0 Å². The van der Waals surface area contributed by atoms with E-state index in [2.05, 4.69) is 27.1 Å². The first-order valence-corrected chi connectivity index (χ1v) is 5.24. The molecule has 0 amide bonds. The number of methoxy groups -OCH3 is 1. The smallest absolute Gasteiger partial charge is 0.216 e. The van der Waals surface area contributed by atoms with Crippen LogP contribution in [0.5, 0.6) is 5.88 Å². The standard InChI is InChI=1S/C12H17N3O/c1-4-5-6-7-10(13-2)11-8-12(16-3)15-9-14-11/h8-10,13H,6-7H2,1-3H3. The average molecular weight is 219 g/mol.